The van der Waals surface area contributed by atoms with Crippen molar-refractivity contribution in [3.63, 3.8) is 0 Å². The molecule has 0 saturated carbocycles. The lowest BCUT2D eigenvalue weighted by Gasteiger charge is -2.17. The summed E-state index contributed by atoms with van der Waals surface area (Å²) >= 11 is 0. The number of carbonyl (C=O) groups is 1. The maximum absolute atomic E-state index is 11.8. The van der Waals surface area contributed by atoms with Crippen LogP contribution in [0.4, 0.5) is 0 Å². The molecule has 1 unspecified atom stereocenters. The van der Waals surface area contributed by atoms with E-state index >= 15 is 0 Å². The topological polar surface area (TPSA) is 54.5 Å². The maximum atomic E-state index is 11.8. The molecule has 1 fully saturated rings. The Bertz CT molecular complexity index is 612. The van der Waals surface area contributed by atoms with E-state index in [2.05, 4.69) is 0 Å². The molecule has 1 amide bonds. The molecule has 1 aliphatic rings. The molecule has 1 heterocycles. The summed E-state index contributed by atoms with van der Waals surface area (Å²) < 4.78 is 22.6. The average molecular weight is 302 g/mol. The van der Waals surface area contributed by atoms with Gasteiger partial charge in [0.15, 0.2) is 0 Å². The lowest BCUT2D eigenvalue weighted by Crippen LogP contribution is -2.27. The van der Waals surface area contributed by atoms with Crippen LogP contribution in [0.5, 0.6) is 0 Å². The maximum Gasteiger partial charge on any atom is 0.237 e. The van der Waals surface area contributed by atoms with Crippen molar-refractivity contribution in [2.75, 3.05) is 6.54 Å². The molecule has 1 saturated heterocycles. The van der Waals surface area contributed by atoms with Crippen LogP contribution < -0.4 is 0 Å². The molecule has 0 aromatic heterocycles. The zero-order valence-electron chi connectivity index (χ0n) is 10.9. The Labute approximate surface area is 117 Å². The van der Waals surface area contributed by atoms with Gasteiger partial charge in [-0.2, -0.15) is 0 Å². The van der Waals surface area contributed by atoms with E-state index in [0.717, 1.165) is 16.7 Å². The molecule has 1 atom stereocenters. The van der Waals surface area contributed by atoms with Gasteiger partial charge in [0, 0.05) is 30.2 Å². The fraction of sp³-hybridized carbons (Fsp3) is 0.462. The van der Waals surface area contributed by atoms with Crippen LogP contribution in [-0.2, 0) is 20.4 Å². The largest absolute Gasteiger partial charge is 0.337 e. The van der Waals surface area contributed by atoms with E-state index in [-0.39, 0.29) is 18.9 Å². The van der Waals surface area contributed by atoms with Gasteiger partial charge in [-0.25, -0.2) is 8.42 Å². The predicted molar refractivity (Wildman–Crippen MR) is 74.5 cm³/mol. The third kappa shape index (κ3) is 3.28. The Balaban J connectivity index is 2.14. The second kappa shape index (κ2) is 5.13. The van der Waals surface area contributed by atoms with Gasteiger partial charge in [-0.15, -0.1) is 0 Å². The van der Waals surface area contributed by atoms with Crippen molar-refractivity contribution in [1.82, 2.24) is 4.90 Å². The van der Waals surface area contributed by atoms with Gasteiger partial charge in [-0.1, -0.05) is 23.8 Å². The molecular weight excluding hydrogens is 286 g/mol. The average Bonchev–Trinajstić information content (AvgIpc) is 2.64. The van der Waals surface area contributed by atoms with Gasteiger partial charge in [0.2, 0.25) is 15.0 Å². The van der Waals surface area contributed by atoms with Gasteiger partial charge in [0.1, 0.15) is 5.25 Å². The second-order valence-electron chi connectivity index (χ2n) is 5.01. The molecule has 0 radical (unpaired) electrons. The highest BCUT2D eigenvalue weighted by Crippen LogP contribution is 2.23. The van der Waals surface area contributed by atoms with Crippen molar-refractivity contribution in [2.45, 2.75) is 32.1 Å². The van der Waals surface area contributed by atoms with Gasteiger partial charge in [-0.05, 0) is 25.0 Å². The molecule has 1 aromatic carbocycles. The Morgan fingerprint density at radius 2 is 2.05 bits per heavy atom. The highest BCUT2D eigenvalue weighted by atomic mass is 35.7. The van der Waals surface area contributed by atoms with E-state index in [9.17, 15) is 13.2 Å². The minimum Gasteiger partial charge on any atom is -0.337 e. The van der Waals surface area contributed by atoms with Crippen molar-refractivity contribution >= 4 is 25.6 Å². The van der Waals surface area contributed by atoms with Crippen molar-refractivity contribution < 1.29 is 13.2 Å². The molecule has 0 aliphatic carbocycles. The number of hydrogen-bond donors (Lipinski definition) is 0. The normalized spacial score (nSPS) is 20.1. The number of halogens is 1. The number of amides is 1. The summed E-state index contributed by atoms with van der Waals surface area (Å²) in [5.41, 5.74) is 3.30. The predicted octanol–water partition coefficient (Wildman–Crippen LogP) is 1.97. The molecule has 0 bridgehead atoms. The molecule has 0 N–H and O–H groups in total. The van der Waals surface area contributed by atoms with Gasteiger partial charge < -0.3 is 4.90 Å². The molecule has 19 heavy (non-hydrogen) atoms. The quantitative estimate of drug-likeness (QED) is 0.802. The molecule has 2 rings (SSSR count). The molecule has 0 spiro atoms. The summed E-state index contributed by atoms with van der Waals surface area (Å²) in [5, 5.41) is -0.785. The van der Waals surface area contributed by atoms with Crippen molar-refractivity contribution in [2.24, 2.45) is 0 Å². The van der Waals surface area contributed by atoms with Gasteiger partial charge >= 0.3 is 0 Å². The highest BCUT2D eigenvalue weighted by Gasteiger charge is 2.37. The first-order valence-corrected chi connectivity index (χ1v) is 8.42. The lowest BCUT2D eigenvalue weighted by molar-refractivity contribution is -0.128. The molecular formula is C13H16ClNO3S. The molecule has 6 heteroatoms. The van der Waals surface area contributed by atoms with Crippen molar-refractivity contribution in [3.05, 3.63) is 34.9 Å². The second-order valence-corrected chi connectivity index (χ2v) is 7.91. The number of nitrogens with zero attached hydrogens (tertiary/aromatic N) is 1. The number of carbonyl (C=O) groups excluding carboxylic acids is 1. The summed E-state index contributed by atoms with van der Waals surface area (Å²) in [6.45, 7) is 4.61. The van der Waals surface area contributed by atoms with Crippen molar-refractivity contribution in [3.8, 4) is 0 Å². The standard InChI is InChI=1S/C13H16ClNO3S/c1-9-3-4-11(10(2)5-9)7-15-8-12(6-13(15)16)19(14,17)18/h3-5,12H,6-8H2,1-2H3. The number of rotatable bonds is 3. The Morgan fingerprint density at radius 1 is 1.37 bits per heavy atom. The van der Waals surface area contributed by atoms with Crippen LogP contribution in [-0.4, -0.2) is 31.0 Å². The van der Waals surface area contributed by atoms with Gasteiger partial charge in [0.05, 0.1) is 0 Å². The first-order chi connectivity index (χ1) is 8.77. The fourth-order valence-electron chi connectivity index (χ4n) is 2.31. The van der Waals surface area contributed by atoms with E-state index in [4.69, 9.17) is 10.7 Å². The Kier molecular flexibility index (Phi) is 3.87. The fourth-order valence-corrected chi connectivity index (χ4v) is 3.36. The van der Waals surface area contributed by atoms with Crippen LogP contribution >= 0.6 is 10.7 Å². The summed E-state index contributed by atoms with van der Waals surface area (Å²) in [4.78, 5) is 13.4. The van der Waals surface area contributed by atoms with Crippen LogP contribution in [0.25, 0.3) is 0 Å². The van der Waals surface area contributed by atoms with Crippen LogP contribution in [0, 0.1) is 13.8 Å². The van der Waals surface area contributed by atoms with E-state index < -0.39 is 14.3 Å². The van der Waals surface area contributed by atoms with Crippen LogP contribution in [0.3, 0.4) is 0 Å². The summed E-state index contributed by atoms with van der Waals surface area (Å²) in [7, 11) is 1.65. The Morgan fingerprint density at radius 3 is 2.58 bits per heavy atom. The SMILES string of the molecule is Cc1ccc(CN2CC(S(=O)(=O)Cl)CC2=O)c(C)c1. The number of hydrogen-bond acceptors (Lipinski definition) is 3. The first-order valence-electron chi connectivity index (χ1n) is 6.05. The molecule has 104 valence electrons. The minimum atomic E-state index is -3.67. The minimum absolute atomic E-state index is 0.0171. The third-order valence-electron chi connectivity index (χ3n) is 3.44. The van der Waals surface area contributed by atoms with Gasteiger partial charge in [-0.3, -0.25) is 4.79 Å². The zero-order chi connectivity index (χ0) is 14.2. The first kappa shape index (κ1) is 14.3. The van der Waals surface area contributed by atoms with Crippen LogP contribution in [0.15, 0.2) is 18.2 Å². The van der Waals surface area contributed by atoms with E-state index in [0.29, 0.717) is 6.54 Å². The molecule has 1 aliphatic heterocycles. The highest BCUT2D eigenvalue weighted by molar-refractivity contribution is 8.14. The summed E-state index contributed by atoms with van der Waals surface area (Å²) in [6.07, 6.45) is -0.0171. The monoisotopic (exact) mass is 301 g/mol. The lowest BCUT2D eigenvalue weighted by atomic mass is 10.1. The molecule has 4 nitrogen and oxygen atoms in total. The smallest absolute Gasteiger partial charge is 0.237 e. The number of likely N-dealkylation sites (tertiary alicyclic amines) is 1. The summed E-state index contributed by atoms with van der Waals surface area (Å²) in [5.74, 6) is -0.158. The van der Waals surface area contributed by atoms with E-state index in [1.165, 1.54) is 0 Å². The van der Waals surface area contributed by atoms with Crippen LogP contribution in [0.2, 0.25) is 0 Å². The third-order valence-corrected chi connectivity index (χ3v) is 5.30. The molecule has 1 aromatic rings. The van der Waals surface area contributed by atoms with E-state index in [1.54, 1.807) is 4.90 Å². The van der Waals surface area contributed by atoms with Gasteiger partial charge in [0.25, 0.3) is 0 Å². The number of benzene rings is 1. The van der Waals surface area contributed by atoms with E-state index in [1.807, 2.05) is 32.0 Å². The van der Waals surface area contributed by atoms with Crippen LogP contribution in [0.1, 0.15) is 23.1 Å². The summed E-state index contributed by atoms with van der Waals surface area (Å²) in [6, 6.07) is 6.00. The Hall–Kier alpha value is -1.07. The number of aryl methyl sites for hydroxylation is 2. The van der Waals surface area contributed by atoms with Crippen molar-refractivity contribution in [1.29, 1.82) is 0 Å². The zero-order valence-corrected chi connectivity index (χ0v) is 12.5.